The van der Waals surface area contributed by atoms with Crippen molar-refractivity contribution in [2.24, 2.45) is 0 Å². The highest BCUT2D eigenvalue weighted by atomic mass is 19.2. The molecule has 0 amide bonds. The molecule has 0 fully saturated rings. The normalized spacial score (nSPS) is 10.8. The van der Waals surface area contributed by atoms with Crippen molar-refractivity contribution in [1.82, 2.24) is 9.97 Å². The number of halogens is 3. The van der Waals surface area contributed by atoms with Crippen molar-refractivity contribution >= 4 is 0 Å². The number of imidazole rings is 1. The Kier molecular flexibility index (Phi) is 2.66. The van der Waals surface area contributed by atoms with Crippen LogP contribution in [0.2, 0.25) is 0 Å². The Morgan fingerprint density at radius 1 is 1.19 bits per heavy atom. The van der Waals surface area contributed by atoms with Crippen LogP contribution in [0.5, 0.6) is 0 Å². The fourth-order valence-electron chi connectivity index (χ4n) is 1.28. The molecule has 2 rings (SSSR count). The van der Waals surface area contributed by atoms with Gasteiger partial charge in [0, 0.05) is 5.56 Å². The quantitative estimate of drug-likeness (QED) is 0.772. The number of aliphatic hydroxyl groups excluding tert-OH is 1. The first-order valence-electron chi connectivity index (χ1n) is 4.41. The van der Waals surface area contributed by atoms with Gasteiger partial charge in [-0.05, 0) is 12.1 Å². The molecule has 0 unspecified atom stereocenters. The molecule has 2 aromatic rings. The summed E-state index contributed by atoms with van der Waals surface area (Å²) in [6.45, 7) is -0.265. The fraction of sp³-hybridized carbons (Fsp3) is 0.100. The lowest BCUT2D eigenvalue weighted by molar-refractivity contribution is 0.277. The van der Waals surface area contributed by atoms with E-state index in [-0.39, 0.29) is 18.0 Å². The van der Waals surface area contributed by atoms with Crippen molar-refractivity contribution < 1.29 is 18.3 Å². The Hall–Kier alpha value is -1.82. The van der Waals surface area contributed by atoms with Crippen LogP contribution in [-0.2, 0) is 6.61 Å². The molecule has 0 saturated heterocycles. The SMILES string of the molecule is OCc1cnc(-c2cc(F)c(F)c(F)c2)[nH]1. The van der Waals surface area contributed by atoms with E-state index in [1.807, 2.05) is 0 Å². The third-order valence-corrected chi connectivity index (χ3v) is 2.06. The van der Waals surface area contributed by atoms with E-state index in [0.29, 0.717) is 5.69 Å². The van der Waals surface area contributed by atoms with Gasteiger partial charge >= 0.3 is 0 Å². The minimum Gasteiger partial charge on any atom is -0.390 e. The molecule has 16 heavy (non-hydrogen) atoms. The summed E-state index contributed by atoms with van der Waals surface area (Å²) in [7, 11) is 0. The summed E-state index contributed by atoms with van der Waals surface area (Å²) in [5.74, 6) is -3.91. The molecular weight excluding hydrogens is 221 g/mol. The summed E-state index contributed by atoms with van der Waals surface area (Å²) in [6, 6.07) is 1.66. The third kappa shape index (κ3) is 1.79. The van der Waals surface area contributed by atoms with Gasteiger partial charge in [-0.25, -0.2) is 18.2 Å². The summed E-state index contributed by atoms with van der Waals surface area (Å²) < 4.78 is 38.5. The van der Waals surface area contributed by atoms with Gasteiger partial charge in [-0.15, -0.1) is 0 Å². The number of rotatable bonds is 2. The second kappa shape index (κ2) is 3.97. The molecule has 1 heterocycles. The van der Waals surface area contributed by atoms with Crippen LogP contribution in [0.4, 0.5) is 13.2 Å². The molecule has 0 aliphatic carbocycles. The molecule has 84 valence electrons. The van der Waals surface area contributed by atoms with E-state index in [1.165, 1.54) is 6.20 Å². The smallest absolute Gasteiger partial charge is 0.194 e. The number of hydrogen-bond donors (Lipinski definition) is 2. The maximum absolute atomic E-state index is 12.9. The molecule has 1 aromatic heterocycles. The molecule has 0 saturated carbocycles. The predicted octanol–water partition coefficient (Wildman–Crippen LogP) is 1.99. The van der Waals surface area contributed by atoms with Gasteiger partial charge in [0.15, 0.2) is 17.5 Å². The van der Waals surface area contributed by atoms with E-state index in [2.05, 4.69) is 9.97 Å². The number of nitrogens with zero attached hydrogens (tertiary/aromatic N) is 1. The third-order valence-electron chi connectivity index (χ3n) is 2.06. The minimum atomic E-state index is -1.52. The van der Waals surface area contributed by atoms with Crippen LogP contribution in [0.3, 0.4) is 0 Å². The lowest BCUT2D eigenvalue weighted by Gasteiger charge is -2.00. The van der Waals surface area contributed by atoms with E-state index in [0.717, 1.165) is 12.1 Å². The Morgan fingerprint density at radius 2 is 1.81 bits per heavy atom. The Balaban J connectivity index is 2.48. The second-order valence-electron chi connectivity index (χ2n) is 3.17. The zero-order valence-electron chi connectivity index (χ0n) is 7.97. The van der Waals surface area contributed by atoms with Gasteiger partial charge < -0.3 is 10.1 Å². The van der Waals surface area contributed by atoms with Crippen LogP contribution in [0, 0.1) is 17.5 Å². The van der Waals surface area contributed by atoms with Crippen LogP contribution in [0.15, 0.2) is 18.3 Å². The lowest BCUT2D eigenvalue weighted by Crippen LogP contribution is -1.93. The lowest BCUT2D eigenvalue weighted by atomic mass is 10.2. The molecule has 0 aliphatic rings. The highest BCUT2D eigenvalue weighted by molar-refractivity contribution is 5.55. The van der Waals surface area contributed by atoms with Crippen molar-refractivity contribution in [1.29, 1.82) is 0 Å². The summed E-state index contributed by atoms with van der Waals surface area (Å²) in [4.78, 5) is 6.43. The van der Waals surface area contributed by atoms with Gasteiger partial charge in [0.05, 0.1) is 18.5 Å². The number of aromatic amines is 1. The summed E-state index contributed by atoms with van der Waals surface area (Å²) in [6.07, 6.45) is 1.33. The Morgan fingerprint density at radius 3 is 2.31 bits per heavy atom. The Labute approximate surface area is 88.6 Å². The zero-order valence-corrected chi connectivity index (χ0v) is 7.97. The first-order valence-corrected chi connectivity index (χ1v) is 4.41. The van der Waals surface area contributed by atoms with E-state index in [1.54, 1.807) is 0 Å². The predicted molar refractivity (Wildman–Crippen MR) is 49.8 cm³/mol. The second-order valence-corrected chi connectivity index (χ2v) is 3.17. The first kappa shape index (κ1) is 10.7. The highest BCUT2D eigenvalue weighted by Gasteiger charge is 2.13. The molecular formula is C10H7F3N2O. The molecule has 0 spiro atoms. The fourth-order valence-corrected chi connectivity index (χ4v) is 1.28. The van der Waals surface area contributed by atoms with Crippen molar-refractivity contribution in [2.75, 3.05) is 0 Å². The molecule has 6 heteroatoms. The zero-order chi connectivity index (χ0) is 11.7. The van der Waals surface area contributed by atoms with Crippen LogP contribution >= 0.6 is 0 Å². The van der Waals surface area contributed by atoms with E-state index in [9.17, 15) is 13.2 Å². The first-order chi connectivity index (χ1) is 7.61. The number of hydrogen-bond acceptors (Lipinski definition) is 2. The van der Waals surface area contributed by atoms with Gasteiger partial charge in [-0.3, -0.25) is 0 Å². The monoisotopic (exact) mass is 228 g/mol. The van der Waals surface area contributed by atoms with Crippen LogP contribution in [-0.4, -0.2) is 15.1 Å². The maximum atomic E-state index is 12.9. The van der Waals surface area contributed by atoms with Crippen molar-refractivity contribution in [3.05, 3.63) is 41.5 Å². The molecule has 1 aromatic carbocycles. The molecule has 0 bridgehead atoms. The molecule has 0 atom stereocenters. The molecule has 0 aliphatic heterocycles. The van der Waals surface area contributed by atoms with E-state index >= 15 is 0 Å². The summed E-state index contributed by atoms with van der Waals surface area (Å²) in [5, 5.41) is 8.77. The summed E-state index contributed by atoms with van der Waals surface area (Å²) in [5.41, 5.74) is 0.483. The minimum absolute atomic E-state index is 0.0797. The number of aromatic nitrogens is 2. The average Bonchev–Trinajstić information content (AvgIpc) is 2.73. The standard InChI is InChI=1S/C10H7F3N2O/c11-7-1-5(2-8(12)9(7)13)10-14-3-6(4-16)15-10/h1-3,16H,4H2,(H,14,15). The molecule has 0 radical (unpaired) electrons. The number of nitrogens with one attached hydrogen (secondary N) is 1. The van der Waals surface area contributed by atoms with Crippen LogP contribution in [0.1, 0.15) is 5.69 Å². The van der Waals surface area contributed by atoms with Gasteiger partial charge in [0.25, 0.3) is 0 Å². The van der Waals surface area contributed by atoms with Gasteiger partial charge in [0.2, 0.25) is 0 Å². The van der Waals surface area contributed by atoms with E-state index < -0.39 is 17.5 Å². The number of aliphatic hydroxyl groups is 1. The van der Waals surface area contributed by atoms with Gasteiger partial charge in [0.1, 0.15) is 5.82 Å². The number of H-pyrrole nitrogens is 1. The van der Waals surface area contributed by atoms with Crippen molar-refractivity contribution in [3.8, 4) is 11.4 Å². The van der Waals surface area contributed by atoms with Gasteiger partial charge in [-0.2, -0.15) is 0 Å². The molecule has 3 nitrogen and oxygen atoms in total. The maximum Gasteiger partial charge on any atom is 0.194 e. The van der Waals surface area contributed by atoms with Crippen molar-refractivity contribution in [2.45, 2.75) is 6.61 Å². The largest absolute Gasteiger partial charge is 0.390 e. The van der Waals surface area contributed by atoms with E-state index in [4.69, 9.17) is 5.11 Å². The Bertz CT molecular complexity index is 502. The summed E-state index contributed by atoms with van der Waals surface area (Å²) >= 11 is 0. The molecule has 2 N–H and O–H groups in total. The number of benzene rings is 1. The average molecular weight is 228 g/mol. The topological polar surface area (TPSA) is 48.9 Å². The highest BCUT2D eigenvalue weighted by Crippen LogP contribution is 2.21. The van der Waals surface area contributed by atoms with Crippen molar-refractivity contribution in [3.63, 3.8) is 0 Å². The van der Waals surface area contributed by atoms with Gasteiger partial charge in [-0.1, -0.05) is 0 Å². The van der Waals surface area contributed by atoms with Crippen LogP contribution < -0.4 is 0 Å². The van der Waals surface area contributed by atoms with Crippen LogP contribution in [0.25, 0.3) is 11.4 Å².